The monoisotopic (exact) mass is 167 g/mol. The van der Waals surface area contributed by atoms with Crippen molar-refractivity contribution in [2.75, 3.05) is 13.1 Å². The third-order valence-corrected chi connectivity index (χ3v) is 2.45. The molecule has 1 heterocycles. The van der Waals surface area contributed by atoms with E-state index in [2.05, 4.69) is 19.1 Å². The molecule has 1 aliphatic rings. The lowest BCUT2D eigenvalue weighted by Gasteiger charge is -2.29. The maximum Gasteiger partial charge on any atom is 0.219 e. The highest BCUT2D eigenvalue weighted by atomic mass is 16.2. The fourth-order valence-corrected chi connectivity index (χ4v) is 1.68. The van der Waals surface area contributed by atoms with E-state index in [-0.39, 0.29) is 5.91 Å². The number of rotatable bonds is 1. The van der Waals surface area contributed by atoms with Crippen LogP contribution in [0.15, 0.2) is 12.2 Å². The molecule has 0 atom stereocenters. The summed E-state index contributed by atoms with van der Waals surface area (Å²) in [5.74, 6) is 0.916. The van der Waals surface area contributed by atoms with E-state index in [1.54, 1.807) is 6.92 Å². The van der Waals surface area contributed by atoms with Crippen molar-refractivity contribution in [3.63, 3.8) is 0 Å². The summed E-state index contributed by atoms with van der Waals surface area (Å²) in [6.45, 7) is 5.57. The number of hydrogen-bond donors (Lipinski definition) is 0. The van der Waals surface area contributed by atoms with E-state index in [0.717, 1.165) is 25.9 Å². The Morgan fingerprint density at radius 2 is 2.00 bits per heavy atom. The average molecular weight is 167 g/mol. The van der Waals surface area contributed by atoms with Gasteiger partial charge in [0.05, 0.1) is 0 Å². The van der Waals surface area contributed by atoms with Crippen molar-refractivity contribution in [1.82, 2.24) is 4.90 Å². The van der Waals surface area contributed by atoms with Gasteiger partial charge < -0.3 is 4.90 Å². The zero-order chi connectivity index (χ0) is 8.97. The summed E-state index contributed by atoms with van der Waals surface area (Å²) < 4.78 is 0. The molecule has 0 N–H and O–H groups in total. The molecule has 1 fully saturated rings. The van der Waals surface area contributed by atoms with Crippen LogP contribution in [0.5, 0.6) is 0 Å². The lowest BCUT2D eigenvalue weighted by molar-refractivity contribution is -0.129. The maximum atomic E-state index is 11.0. The molecule has 1 amide bonds. The van der Waals surface area contributed by atoms with Crippen LogP contribution < -0.4 is 0 Å². The largest absolute Gasteiger partial charge is 0.343 e. The van der Waals surface area contributed by atoms with Crippen LogP contribution >= 0.6 is 0 Å². The fourth-order valence-electron chi connectivity index (χ4n) is 1.68. The first-order chi connectivity index (χ1) is 5.74. The van der Waals surface area contributed by atoms with Gasteiger partial charge in [0.1, 0.15) is 0 Å². The Balaban J connectivity index is 2.34. The molecule has 1 saturated heterocycles. The van der Waals surface area contributed by atoms with Crippen LogP contribution in [0.4, 0.5) is 0 Å². The highest BCUT2D eigenvalue weighted by molar-refractivity contribution is 5.73. The predicted molar refractivity (Wildman–Crippen MR) is 49.8 cm³/mol. The molecule has 0 saturated carbocycles. The molecular formula is C10H17NO. The second-order valence-electron chi connectivity index (χ2n) is 3.37. The Bertz CT molecular complexity index is 178. The topological polar surface area (TPSA) is 20.3 Å². The van der Waals surface area contributed by atoms with E-state index in [4.69, 9.17) is 0 Å². The second-order valence-corrected chi connectivity index (χ2v) is 3.37. The zero-order valence-corrected chi connectivity index (χ0v) is 7.92. The second kappa shape index (κ2) is 4.29. The van der Waals surface area contributed by atoms with Crippen molar-refractivity contribution in [3.05, 3.63) is 12.2 Å². The summed E-state index contributed by atoms with van der Waals surface area (Å²) in [7, 11) is 0. The molecule has 68 valence electrons. The number of carbonyl (C=O) groups is 1. The summed E-state index contributed by atoms with van der Waals surface area (Å²) >= 11 is 0. The van der Waals surface area contributed by atoms with E-state index in [1.807, 2.05) is 4.90 Å². The van der Waals surface area contributed by atoms with Crippen molar-refractivity contribution in [2.45, 2.75) is 26.7 Å². The molecule has 0 aromatic heterocycles. The van der Waals surface area contributed by atoms with Crippen molar-refractivity contribution in [3.8, 4) is 0 Å². The molecule has 0 aromatic rings. The van der Waals surface area contributed by atoms with Crippen molar-refractivity contribution >= 4 is 5.91 Å². The van der Waals surface area contributed by atoms with Crippen LogP contribution in [-0.4, -0.2) is 23.9 Å². The Morgan fingerprint density at radius 1 is 1.42 bits per heavy atom. The highest BCUT2D eigenvalue weighted by Gasteiger charge is 2.17. The van der Waals surface area contributed by atoms with Crippen LogP contribution in [0.2, 0.25) is 0 Å². The van der Waals surface area contributed by atoms with E-state index in [1.165, 1.54) is 0 Å². The van der Waals surface area contributed by atoms with Gasteiger partial charge in [-0.2, -0.15) is 0 Å². The molecule has 0 aromatic carbocycles. The number of hydrogen-bond acceptors (Lipinski definition) is 1. The Hall–Kier alpha value is -0.790. The summed E-state index contributed by atoms with van der Waals surface area (Å²) in [6, 6.07) is 0. The first kappa shape index (κ1) is 9.30. The van der Waals surface area contributed by atoms with E-state index >= 15 is 0 Å². The first-order valence-corrected chi connectivity index (χ1v) is 4.62. The number of allylic oxidation sites excluding steroid dienone is 2. The summed E-state index contributed by atoms with van der Waals surface area (Å²) in [6.07, 6.45) is 6.61. The molecule has 2 nitrogen and oxygen atoms in total. The minimum Gasteiger partial charge on any atom is -0.343 e. The van der Waals surface area contributed by atoms with Gasteiger partial charge in [-0.05, 0) is 25.7 Å². The first-order valence-electron chi connectivity index (χ1n) is 4.62. The lowest BCUT2D eigenvalue weighted by atomic mass is 9.96. The third kappa shape index (κ3) is 2.36. The quantitative estimate of drug-likeness (QED) is 0.545. The standard InChI is InChI=1S/C10H17NO/c1-3-4-10-5-7-11(8-6-10)9(2)12/h3-4,10H,5-8H2,1-2H3/b4-3+. The SMILES string of the molecule is C/C=C/C1CCN(C(C)=O)CC1. The average Bonchev–Trinajstić information content (AvgIpc) is 2.06. The summed E-state index contributed by atoms with van der Waals surface area (Å²) in [4.78, 5) is 12.9. The molecule has 0 radical (unpaired) electrons. The number of piperidine rings is 1. The molecule has 0 bridgehead atoms. The molecule has 0 unspecified atom stereocenters. The Morgan fingerprint density at radius 3 is 2.42 bits per heavy atom. The number of nitrogens with zero attached hydrogens (tertiary/aromatic N) is 1. The van der Waals surface area contributed by atoms with Gasteiger partial charge in [-0.25, -0.2) is 0 Å². The zero-order valence-electron chi connectivity index (χ0n) is 7.92. The van der Waals surface area contributed by atoms with Gasteiger partial charge >= 0.3 is 0 Å². The van der Waals surface area contributed by atoms with Gasteiger partial charge in [0.25, 0.3) is 0 Å². The van der Waals surface area contributed by atoms with E-state index in [9.17, 15) is 4.79 Å². The fraction of sp³-hybridized carbons (Fsp3) is 0.700. The molecule has 0 spiro atoms. The number of likely N-dealkylation sites (tertiary alicyclic amines) is 1. The van der Waals surface area contributed by atoms with E-state index in [0.29, 0.717) is 5.92 Å². The Kier molecular flexibility index (Phi) is 3.32. The normalized spacial score (nSPS) is 20.3. The van der Waals surface area contributed by atoms with E-state index < -0.39 is 0 Å². The third-order valence-electron chi connectivity index (χ3n) is 2.45. The lowest BCUT2D eigenvalue weighted by Crippen LogP contribution is -2.36. The molecule has 0 aliphatic carbocycles. The molecule has 1 rings (SSSR count). The van der Waals surface area contributed by atoms with Crippen LogP contribution in [0.3, 0.4) is 0 Å². The minimum absolute atomic E-state index is 0.217. The maximum absolute atomic E-state index is 11.0. The predicted octanol–water partition coefficient (Wildman–Crippen LogP) is 1.82. The van der Waals surface area contributed by atoms with Gasteiger partial charge in [-0.15, -0.1) is 0 Å². The number of carbonyl (C=O) groups excluding carboxylic acids is 1. The van der Waals surface area contributed by atoms with Crippen molar-refractivity contribution < 1.29 is 4.79 Å². The van der Waals surface area contributed by atoms with Crippen LogP contribution in [0, 0.1) is 5.92 Å². The van der Waals surface area contributed by atoms with Gasteiger partial charge in [0.2, 0.25) is 5.91 Å². The van der Waals surface area contributed by atoms with Gasteiger partial charge in [-0.3, -0.25) is 4.79 Å². The van der Waals surface area contributed by atoms with Crippen molar-refractivity contribution in [1.29, 1.82) is 0 Å². The van der Waals surface area contributed by atoms with Crippen LogP contribution in [0.25, 0.3) is 0 Å². The molecule has 2 heteroatoms. The minimum atomic E-state index is 0.217. The summed E-state index contributed by atoms with van der Waals surface area (Å²) in [5.41, 5.74) is 0. The van der Waals surface area contributed by atoms with Crippen molar-refractivity contribution in [2.24, 2.45) is 5.92 Å². The molecular weight excluding hydrogens is 150 g/mol. The summed E-state index contributed by atoms with van der Waals surface area (Å²) in [5, 5.41) is 0. The van der Waals surface area contributed by atoms with Gasteiger partial charge in [0.15, 0.2) is 0 Å². The smallest absolute Gasteiger partial charge is 0.219 e. The highest BCUT2D eigenvalue weighted by Crippen LogP contribution is 2.17. The van der Waals surface area contributed by atoms with Gasteiger partial charge in [0, 0.05) is 20.0 Å². The number of amides is 1. The Labute approximate surface area is 74.2 Å². The molecule has 1 aliphatic heterocycles. The van der Waals surface area contributed by atoms with Crippen LogP contribution in [-0.2, 0) is 4.79 Å². The van der Waals surface area contributed by atoms with Crippen LogP contribution in [0.1, 0.15) is 26.7 Å². The van der Waals surface area contributed by atoms with Gasteiger partial charge in [-0.1, -0.05) is 12.2 Å². The molecule has 12 heavy (non-hydrogen) atoms.